The fourth-order valence-corrected chi connectivity index (χ4v) is 3.94. The maximum absolute atomic E-state index is 13.3. The highest BCUT2D eigenvalue weighted by Crippen LogP contribution is 2.34. The first kappa shape index (κ1) is 19.7. The number of methoxy groups -OCH3 is 2. The summed E-state index contributed by atoms with van der Waals surface area (Å²) in [7, 11) is 3.19. The normalized spacial score (nSPS) is 15.4. The van der Waals surface area contributed by atoms with Crippen LogP contribution in [0.4, 0.5) is 5.69 Å². The molecule has 1 heterocycles. The van der Waals surface area contributed by atoms with Crippen LogP contribution in [-0.2, 0) is 4.79 Å². The number of hydrogen-bond donors (Lipinski definition) is 1. The number of nitrogens with zero attached hydrogens (tertiary/aromatic N) is 1. The lowest BCUT2D eigenvalue weighted by molar-refractivity contribution is -0.121. The van der Waals surface area contributed by atoms with Crippen molar-refractivity contribution < 1.29 is 14.3 Å². The zero-order valence-corrected chi connectivity index (χ0v) is 17.5. The smallest absolute Gasteiger partial charge is 0.246 e. The maximum Gasteiger partial charge on any atom is 0.246 e. The molecule has 1 amide bonds. The van der Waals surface area contributed by atoms with Gasteiger partial charge in [0.15, 0.2) is 11.5 Å². The number of ether oxygens (including phenoxy) is 2. The van der Waals surface area contributed by atoms with E-state index in [1.807, 2.05) is 43.3 Å². The summed E-state index contributed by atoms with van der Waals surface area (Å²) in [5, 5.41) is 3.10. The molecule has 0 aliphatic carbocycles. The van der Waals surface area contributed by atoms with Crippen molar-refractivity contribution in [3.63, 3.8) is 0 Å². The van der Waals surface area contributed by atoms with Crippen molar-refractivity contribution in [2.75, 3.05) is 32.6 Å². The lowest BCUT2D eigenvalue weighted by atomic mass is 10.0. The molecule has 0 saturated carbocycles. The summed E-state index contributed by atoms with van der Waals surface area (Å²) >= 11 is 3.52. The number of carbonyl (C=O) groups is 1. The summed E-state index contributed by atoms with van der Waals surface area (Å²) < 4.78 is 11.7. The number of rotatable bonds is 6. The van der Waals surface area contributed by atoms with Gasteiger partial charge in [-0.05, 0) is 62.2 Å². The van der Waals surface area contributed by atoms with Crippen LogP contribution in [0.15, 0.2) is 40.9 Å². The fraction of sp³-hybridized carbons (Fsp3) is 0.381. The van der Waals surface area contributed by atoms with Crippen LogP contribution in [0.3, 0.4) is 0 Å². The summed E-state index contributed by atoms with van der Waals surface area (Å²) in [5.74, 6) is 1.21. The first-order chi connectivity index (χ1) is 13.0. The molecule has 0 radical (unpaired) electrons. The molecular weight excluding hydrogens is 408 g/mol. The molecule has 1 aliphatic heterocycles. The van der Waals surface area contributed by atoms with Gasteiger partial charge in [-0.25, -0.2) is 0 Å². The maximum atomic E-state index is 13.3. The van der Waals surface area contributed by atoms with E-state index in [4.69, 9.17) is 9.47 Å². The number of carbonyl (C=O) groups excluding carboxylic acids is 1. The topological polar surface area (TPSA) is 50.8 Å². The van der Waals surface area contributed by atoms with E-state index in [0.29, 0.717) is 11.5 Å². The minimum Gasteiger partial charge on any atom is -0.493 e. The molecule has 2 aromatic rings. The SMILES string of the molecule is COc1cc(C)c(NC(=O)[C@@H](c2cccc(Br)c2)N2CCCC2)cc1OC. The van der Waals surface area contributed by atoms with Crippen molar-refractivity contribution in [1.29, 1.82) is 0 Å². The Hall–Kier alpha value is -2.05. The second kappa shape index (κ2) is 8.76. The number of halogens is 1. The van der Waals surface area contributed by atoms with Gasteiger partial charge in [-0.3, -0.25) is 9.69 Å². The van der Waals surface area contributed by atoms with Crippen LogP contribution in [0.2, 0.25) is 0 Å². The Bertz CT molecular complexity index is 819. The molecule has 0 aromatic heterocycles. The number of likely N-dealkylation sites (tertiary alicyclic amines) is 1. The molecule has 1 atom stereocenters. The number of amides is 1. The third kappa shape index (κ3) is 4.45. The van der Waals surface area contributed by atoms with Crippen LogP contribution in [-0.4, -0.2) is 38.1 Å². The van der Waals surface area contributed by atoms with Crippen molar-refractivity contribution in [3.05, 3.63) is 52.0 Å². The zero-order valence-electron chi connectivity index (χ0n) is 15.9. The Labute approximate surface area is 168 Å². The molecule has 144 valence electrons. The molecule has 2 aromatic carbocycles. The quantitative estimate of drug-likeness (QED) is 0.727. The van der Waals surface area contributed by atoms with Crippen LogP contribution in [0.25, 0.3) is 0 Å². The lowest BCUT2D eigenvalue weighted by Gasteiger charge is -2.27. The van der Waals surface area contributed by atoms with Crippen LogP contribution in [0, 0.1) is 6.92 Å². The molecular formula is C21H25BrN2O3. The van der Waals surface area contributed by atoms with Gasteiger partial charge in [0.05, 0.1) is 14.2 Å². The largest absolute Gasteiger partial charge is 0.493 e. The number of benzene rings is 2. The van der Waals surface area contributed by atoms with E-state index in [1.165, 1.54) is 0 Å². The molecule has 3 rings (SSSR count). The van der Waals surface area contributed by atoms with E-state index in [-0.39, 0.29) is 11.9 Å². The molecule has 0 spiro atoms. The molecule has 1 saturated heterocycles. The Morgan fingerprint density at radius 2 is 1.78 bits per heavy atom. The molecule has 1 fully saturated rings. The summed E-state index contributed by atoms with van der Waals surface area (Å²) in [6.45, 7) is 3.80. The number of nitrogens with one attached hydrogen (secondary N) is 1. The van der Waals surface area contributed by atoms with E-state index in [0.717, 1.165) is 47.2 Å². The van der Waals surface area contributed by atoms with Crippen LogP contribution < -0.4 is 14.8 Å². The van der Waals surface area contributed by atoms with Gasteiger partial charge >= 0.3 is 0 Å². The first-order valence-electron chi connectivity index (χ1n) is 9.06. The number of anilines is 1. The van der Waals surface area contributed by atoms with Gasteiger partial charge in [-0.1, -0.05) is 28.1 Å². The highest BCUT2D eigenvalue weighted by molar-refractivity contribution is 9.10. The second-order valence-electron chi connectivity index (χ2n) is 6.71. The highest BCUT2D eigenvalue weighted by atomic mass is 79.9. The van der Waals surface area contributed by atoms with E-state index >= 15 is 0 Å². The second-order valence-corrected chi connectivity index (χ2v) is 7.63. The molecule has 1 aliphatic rings. The Kier molecular flexibility index (Phi) is 6.39. The van der Waals surface area contributed by atoms with Gasteiger partial charge in [-0.2, -0.15) is 0 Å². The van der Waals surface area contributed by atoms with E-state index in [2.05, 4.69) is 26.1 Å². The molecule has 1 N–H and O–H groups in total. The molecule has 0 unspecified atom stereocenters. The highest BCUT2D eigenvalue weighted by Gasteiger charge is 2.30. The summed E-state index contributed by atoms with van der Waals surface area (Å²) in [5.41, 5.74) is 2.65. The van der Waals surface area contributed by atoms with Crippen LogP contribution >= 0.6 is 15.9 Å². The Morgan fingerprint density at radius 1 is 1.11 bits per heavy atom. The van der Waals surface area contributed by atoms with Gasteiger partial charge in [-0.15, -0.1) is 0 Å². The van der Waals surface area contributed by atoms with Crippen molar-refractivity contribution in [2.45, 2.75) is 25.8 Å². The van der Waals surface area contributed by atoms with Crippen molar-refractivity contribution in [3.8, 4) is 11.5 Å². The first-order valence-corrected chi connectivity index (χ1v) is 9.85. The van der Waals surface area contributed by atoms with E-state index in [1.54, 1.807) is 14.2 Å². The predicted octanol–water partition coefficient (Wildman–Crippen LogP) is 4.55. The average molecular weight is 433 g/mol. The molecule has 27 heavy (non-hydrogen) atoms. The van der Waals surface area contributed by atoms with Gasteiger partial charge in [0, 0.05) is 16.2 Å². The van der Waals surface area contributed by atoms with Gasteiger partial charge in [0.1, 0.15) is 6.04 Å². The van der Waals surface area contributed by atoms with Gasteiger partial charge < -0.3 is 14.8 Å². The van der Waals surface area contributed by atoms with E-state index < -0.39 is 0 Å². The van der Waals surface area contributed by atoms with Crippen LogP contribution in [0.1, 0.15) is 30.0 Å². The summed E-state index contributed by atoms with van der Waals surface area (Å²) in [6.07, 6.45) is 2.24. The van der Waals surface area contributed by atoms with Crippen molar-refractivity contribution in [1.82, 2.24) is 4.90 Å². The fourth-order valence-electron chi connectivity index (χ4n) is 3.52. The number of aryl methyl sites for hydroxylation is 1. The zero-order chi connectivity index (χ0) is 19.4. The lowest BCUT2D eigenvalue weighted by Crippen LogP contribution is -2.35. The molecule has 5 nitrogen and oxygen atoms in total. The third-order valence-electron chi connectivity index (χ3n) is 4.91. The number of hydrogen-bond acceptors (Lipinski definition) is 4. The molecule has 6 heteroatoms. The summed E-state index contributed by atoms with van der Waals surface area (Å²) in [6, 6.07) is 11.3. The predicted molar refractivity (Wildman–Crippen MR) is 111 cm³/mol. The standard InChI is InChI=1S/C21H25BrN2O3/c1-14-11-18(26-2)19(27-3)13-17(14)23-21(25)20(24-9-4-5-10-24)15-7-6-8-16(22)12-15/h6-8,11-13,20H,4-5,9-10H2,1-3H3,(H,23,25)/t20-/m1/s1. The minimum absolute atomic E-state index is 0.0367. The monoisotopic (exact) mass is 432 g/mol. The summed E-state index contributed by atoms with van der Waals surface area (Å²) in [4.78, 5) is 15.5. The molecule has 0 bridgehead atoms. The Balaban J connectivity index is 1.91. The van der Waals surface area contributed by atoms with Crippen molar-refractivity contribution >= 4 is 27.5 Å². The minimum atomic E-state index is -0.322. The van der Waals surface area contributed by atoms with Crippen molar-refractivity contribution in [2.24, 2.45) is 0 Å². The van der Waals surface area contributed by atoms with Gasteiger partial charge in [0.2, 0.25) is 5.91 Å². The van der Waals surface area contributed by atoms with E-state index in [9.17, 15) is 4.79 Å². The third-order valence-corrected chi connectivity index (χ3v) is 5.40. The van der Waals surface area contributed by atoms with Gasteiger partial charge in [0.25, 0.3) is 0 Å². The van der Waals surface area contributed by atoms with Crippen LogP contribution in [0.5, 0.6) is 11.5 Å². The average Bonchev–Trinajstić information content (AvgIpc) is 3.17. The Morgan fingerprint density at radius 3 is 2.41 bits per heavy atom.